The number of rotatable bonds is 12. The van der Waals surface area contributed by atoms with E-state index in [0.717, 1.165) is 16.7 Å². The van der Waals surface area contributed by atoms with Crippen molar-refractivity contribution in [2.75, 3.05) is 20.8 Å². The maximum Gasteiger partial charge on any atom is 0.330 e. The van der Waals surface area contributed by atoms with Crippen molar-refractivity contribution in [3.8, 4) is 23.0 Å². The summed E-state index contributed by atoms with van der Waals surface area (Å²) in [7, 11) is -0.846. The van der Waals surface area contributed by atoms with Crippen LogP contribution in [0.2, 0.25) is 19.6 Å². The lowest BCUT2D eigenvalue weighted by atomic mass is 9.80. The van der Waals surface area contributed by atoms with Crippen LogP contribution in [0.25, 0.3) is 5.57 Å². The van der Waals surface area contributed by atoms with E-state index in [9.17, 15) is 14.5 Å². The molecule has 2 heterocycles. The lowest BCUT2D eigenvalue weighted by Gasteiger charge is -2.37. The molecular weight excluding hydrogens is 673 g/mol. The van der Waals surface area contributed by atoms with Gasteiger partial charge in [0.15, 0.2) is 0 Å². The van der Waals surface area contributed by atoms with Crippen molar-refractivity contribution in [3.63, 3.8) is 0 Å². The highest BCUT2D eigenvalue weighted by Gasteiger charge is 2.43. The normalized spacial score (nSPS) is 18.2. The average molecular weight is 716 g/mol. The predicted molar refractivity (Wildman–Crippen MR) is 196 cm³/mol. The largest absolute Gasteiger partial charge is 0.497 e. The Bertz CT molecular complexity index is 1920. The zero-order chi connectivity index (χ0) is 36.1. The number of methoxy groups -OCH3 is 2. The van der Waals surface area contributed by atoms with E-state index in [1.54, 1.807) is 14.2 Å². The van der Waals surface area contributed by atoms with Gasteiger partial charge in [0.2, 0.25) is 8.53 Å². The van der Waals surface area contributed by atoms with E-state index in [1.165, 1.54) is 10.8 Å². The summed E-state index contributed by atoms with van der Waals surface area (Å²) in [5.74, 6) is 4.35. The highest BCUT2D eigenvalue weighted by molar-refractivity contribution is 7.43. The third-order valence-electron chi connectivity index (χ3n) is 8.25. The van der Waals surface area contributed by atoms with Gasteiger partial charge in [0.25, 0.3) is 5.56 Å². The van der Waals surface area contributed by atoms with Crippen LogP contribution in [-0.2, 0) is 19.6 Å². The van der Waals surface area contributed by atoms with Crippen molar-refractivity contribution in [1.29, 1.82) is 0 Å². The van der Waals surface area contributed by atoms with E-state index in [0.29, 0.717) is 17.1 Å². The molecule has 4 N–H and O–H groups in total. The molecule has 1 saturated heterocycles. The second-order valence-electron chi connectivity index (χ2n) is 12.8. The molecule has 1 aliphatic rings. The Morgan fingerprint density at radius 1 is 1.00 bits per heavy atom. The van der Waals surface area contributed by atoms with E-state index in [4.69, 9.17) is 29.0 Å². The van der Waals surface area contributed by atoms with Gasteiger partial charge in [-0.05, 0) is 41.0 Å². The lowest BCUT2D eigenvalue weighted by Crippen LogP contribution is -2.38. The Hall–Kier alpha value is -4.31. The number of nitrogens with one attached hydrogen (secondary N) is 1. The molecule has 0 spiro atoms. The minimum Gasteiger partial charge on any atom is -0.497 e. The van der Waals surface area contributed by atoms with Gasteiger partial charge in [-0.1, -0.05) is 86.7 Å². The summed E-state index contributed by atoms with van der Waals surface area (Å²) in [6.07, 6.45) is -0.916. The lowest BCUT2D eigenvalue weighted by molar-refractivity contribution is -0.0915. The van der Waals surface area contributed by atoms with Crippen LogP contribution < -0.4 is 26.2 Å². The van der Waals surface area contributed by atoms with Crippen molar-refractivity contribution >= 4 is 22.2 Å². The van der Waals surface area contributed by atoms with Crippen LogP contribution in [0, 0.1) is 11.5 Å². The maximum absolute atomic E-state index is 13.1. The number of ether oxygens (including phenoxy) is 4. The number of hydrogen-bond donors (Lipinski definition) is 3. The number of hydrogen-bond acceptors (Lipinski definition) is 9. The fourth-order valence-corrected chi connectivity index (χ4v) is 6.82. The first kappa shape index (κ1) is 37.0. The zero-order valence-corrected chi connectivity index (χ0v) is 30.6. The average Bonchev–Trinajstić information content (AvgIpc) is 3.49. The number of aromatic nitrogens is 2. The summed E-state index contributed by atoms with van der Waals surface area (Å²) in [6.45, 7) is 10.2. The highest BCUT2D eigenvalue weighted by atomic mass is 31.2. The topological polar surface area (TPSA) is 147 Å². The second-order valence-corrected chi connectivity index (χ2v) is 18.4. The SMILES string of the molecule is C=C(C#C[Si](C)(C)C)c1cn([C@H]2C[C@H](OP(N)O)[C@@H](COC(c3ccccc3)(c3ccc(OC)cc3)c3ccc(OC)cc3)O2)c(=O)[nH]c1=O. The number of nitrogens with two attached hydrogens (primary N) is 1. The van der Waals surface area contributed by atoms with Gasteiger partial charge in [-0.25, -0.2) is 4.79 Å². The number of benzene rings is 3. The van der Waals surface area contributed by atoms with Gasteiger partial charge in [-0.3, -0.25) is 19.8 Å². The summed E-state index contributed by atoms with van der Waals surface area (Å²) in [5, 5.41) is 0. The number of H-pyrrole nitrogens is 1. The van der Waals surface area contributed by atoms with Gasteiger partial charge in [-0.2, -0.15) is 0 Å². The number of aromatic amines is 1. The van der Waals surface area contributed by atoms with Crippen molar-refractivity contribution < 1.29 is 28.4 Å². The molecule has 11 nitrogen and oxygen atoms in total. The Kier molecular flexibility index (Phi) is 11.6. The summed E-state index contributed by atoms with van der Waals surface area (Å²) < 4.78 is 31.4. The highest BCUT2D eigenvalue weighted by Crippen LogP contribution is 2.43. The van der Waals surface area contributed by atoms with E-state index in [1.807, 2.05) is 78.9 Å². The summed E-state index contributed by atoms with van der Waals surface area (Å²) in [4.78, 5) is 38.5. The molecule has 0 radical (unpaired) electrons. The Balaban J connectivity index is 1.55. The first-order valence-corrected chi connectivity index (χ1v) is 20.7. The predicted octanol–water partition coefficient (Wildman–Crippen LogP) is 5.31. The standard InChI is InChI=1S/C37H42N3O8PSi/c1-25(20-21-50(4,5)6)31-23-40(36(42)39-35(31)41)34-22-32(48-49(38)43)33(47-34)24-46-37(26-10-8-7-9-11-26,27-12-16-29(44-2)17-13-27)28-14-18-30(45-3)19-15-28/h7-19,23,32-34,43H,1,22,24,38H2,2-6H3,(H,39,41,42)/t32-,33+,34+,49?/m0/s1. The fourth-order valence-electron chi connectivity index (χ4n) is 5.80. The molecule has 13 heteroatoms. The van der Waals surface area contributed by atoms with E-state index in [2.05, 4.69) is 42.7 Å². The number of allylic oxidation sites excluding steroid dienone is 1. The van der Waals surface area contributed by atoms with Gasteiger partial charge in [-0.15, -0.1) is 5.54 Å². The molecule has 4 aromatic rings. The zero-order valence-electron chi connectivity index (χ0n) is 28.7. The molecule has 0 amide bonds. The van der Waals surface area contributed by atoms with E-state index < -0.39 is 51.9 Å². The van der Waals surface area contributed by atoms with Crippen LogP contribution >= 0.6 is 8.53 Å². The molecule has 0 aliphatic carbocycles. The Morgan fingerprint density at radius 2 is 1.56 bits per heavy atom. The molecule has 5 rings (SSSR count). The molecule has 0 bridgehead atoms. The van der Waals surface area contributed by atoms with Crippen molar-refractivity contribution in [3.05, 3.63) is 135 Å². The minimum absolute atomic E-state index is 0.0450. The smallest absolute Gasteiger partial charge is 0.330 e. The molecule has 4 atom stereocenters. The molecule has 1 aliphatic heterocycles. The van der Waals surface area contributed by atoms with Crippen LogP contribution in [0.5, 0.6) is 11.5 Å². The first-order valence-electron chi connectivity index (χ1n) is 16.0. The van der Waals surface area contributed by atoms with Gasteiger partial charge < -0.3 is 28.4 Å². The summed E-state index contributed by atoms with van der Waals surface area (Å²) >= 11 is 0. The van der Waals surface area contributed by atoms with E-state index >= 15 is 0 Å². The quantitative estimate of drug-likeness (QED) is 0.0769. The monoisotopic (exact) mass is 715 g/mol. The Labute approximate surface area is 293 Å². The number of nitrogens with zero attached hydrogens (tertiary/aromatic N) is 1. The Morgan fingerprint density at radius 3 is 2.08 bits per heavy atom. The van der Waals surface area contributed by atoms with Gasteiger partial charge in [0, 0.05) is 18.2 Å². The molecule has 3 aromatic carbocycles. The second kappa shape index (κ2) is 15.7. The molecule has 0 saturated carbocycles. The van der Waals surface area contributed by atoms with Crippen molar-refractivity contribution in [1.82, 2.24) is 9.55 Å². The molecule has 50 heavy (non-hydrogen) atoms. The molecular formula is C37H42N3O8PSi. The fraction of sp³-hybridized carbons (Fsp3) is 0.297. The van der Waals surface area contributed by atoms with Gasteiger partial charge in [0.1, 0.15) is 37.5 Å². The van der Waals surface area contributed by atoms with Gasteiger partial charge in [0.05, 0.1) is 32.5 Å². The third-order valence-corrected chi connectivity index (χ3v) is 9.61. The summed E-state index contributed by atoms with van der Waals surface area (Å²) in [6, 6.07) is 25.0. The third kappa shape index (κ3) is 8.34. The van der Waals surface area contributed by atoms with Gasteiger partial charge >= 0.3 is 5.69 Å². The van der Waals surface area contributed by atoms with Crippen LogP contribution in [0.4, 0.5) is 0 Å². The maximum atomic E-state index is 13.1. The van der Waals surface area contributed by atoms with Crippen LogP contribution in [-0.4, -0.2) is 55.6 Å². The van der Waals surface area contributed by atoms with Crippen LogP contribution in [0.3, 0.4) is 0 Å². The minimum atomic E-state index is -2.29. The van der Waals surface area contributed by atoms with Crippen LogP contribution in [0.15, 0.2) is 101 Å². The van der Waals surface area contributed by atoms with Crippen molar-refractivity contribution in [2.24, 2.45) is 5.50 Å². The molecule has 1 fully saturated rings. The van der Waals surface area contributed by atoms with Crippen molar-refractivity contribution in [2.45, 2.75) is 50.1 Å². The first-order chi connectivity index (χ1) is 23.8. The summed E-state index contributed by atoms with van der Waals surface area (Å²) in [5.41, 5.74) is 9.42. The molecule has 1 aromatic heterocycles. The van der Waals surface area contributed by atoms with E-state index in [-0.39, 0.29) is 18.6 Å². The molecule has 262 valence electrons. The molecule has 1 unspecified atom stereocenters. The van der Waals surface area contributed by atoms with Crippen LogP contribution in [0.1, 0.15) is 34.9 Å².